The van der Waals surface area contributed by atoms with Gasteiger partial charge in [0.25, 0.3) is 0 Å². The molecule has 16 heavy (non-hydrogen) atoms. The summed E-state index contributed by atoms with van der Waals surface area (Å²) in [6.45, 7) is 4.34. The van der Waals surface area contributed by atoms with Crippen molar-refractivity contribution in [2.75, 3.05) is 13.1 Å². The van der Waals surface area contributed by atoms with Gasteiger partial charge in [0.1, 0.15) is 5.82 Å². The van der Waals surface area contributed by atoms with Crippen molar-refractivity contribution in [2.24, 2.45) is 0 Å². The van der Waals surface area contributed by atoms with Crippen LogP contribution < -0.4 is 0 Å². The lowest BCUT2D eigenvalue weighted by molar-refractivity contribution is 0.0787. The zero-order valence-corrected chi connectivity index (χ0v) is 9.62. The van der Waals surface area contributed by atoms with Crippen LogP contribution in [0.3, 0.4) is 0 Å². The Hall–Kier alpha value is -0.930. The second-order valence-corrected chi connectivity index (χ2v) is 4.60. The Balaban J connectivity index is 2.00. The highest BCUT2D eigenvalue weighted by molar-refractivity contribution is 5.24. The van der Waals surface area contributed by atoms with Crippen molar-refractivity contribution < 1.29 is 9.50 Å². The van der Waals surface area contributed by atoms with Gasteiger partial charge < -0.3 is 5.11 Å². The van der Waals surface area contributed by atoms with E-state index >= 15 is 0 Å². The lowest BCUT2D eigenvalue weighted by Gasteiger charge is -2.29. The first-order valence-corrected chi connectivity index (χ1v) is 5.80. The number of aliphatic hydroxyl groups excluding tert-OH is 1. The summed E-state index contributed by atoms with van der Waals surface area (Å²) in [6.07, 6.45) is 1.43. The van der Waals surface area contributed by atoms with E-state index in [9.17, 15) is 9.50 Å². The predicted molar refractivity (Wildman–Crippen MR) is 61.7 cm³/mol. The molecule has 0 spiro atoms. The van der Waals surface area contributed by atoms with Crippen molar-refractivity contribution in [2.45, 2.75) is 32.4 Å². The molecule has 3 heteroatoms. The van der Waals surface area contributed by atoms with Crippen molar-refractivity contribution in [1.82, 2.24) is 4.90 Å². The topological polar surface area (TPSA) is 23.5 Å². The molecule has 1 N–H and O–H groups in total. The Bertz CT molecular complexity index is 359. The summed E-state index contributed by atoms with van der Waals surface area (Å²) in [5.74, 6) is -0.128. The smallest absolute Gasteiger partial charge is 0.127 e. The number of piperidine rings is 1. The maximum Gasteiger partial charge on any atom is 0.127 e. The van der Waals surface area contributed by atoms with Crippen LogP contribution in [0.15, 0.2) is 18.2 Å². The van der Waals surface area contributed by atoms with Gasteiger partial charge in [-0.25, -0.2) is 4.39 Å². The third-order valence-corrected chi connectivity index (χ3v) is 3.15. The number of rotatable bonds is 2. The molecule has 88 valence electrons. The van der Waals surface area contributed by atoms with E-state index < -0.39 is 0 Å². The number of aryl methyl sites for hydroxylation is 1. The molecule has 0 saturated carbocycles. The highest BCUT2D eigenvalue weighted by Gasteiger charge is 2.17. The summed E-state index contributed by atoms with van der Waals surface area (Å²) in [5.41, 5.74) is 1.85. The Morgan fingerprint density at radius 3 is 2.75 bits per heavy atom. The van der Waals surface area contributed by atoms with E-state index in [0.29, 0.717) is 6.54 Å². The number of hydrogen-bond donors (Lipinski definition) is 1. The van der Waals surface area contributed by atoms with Gasteiger partial charge in [0.05, 0.1) is 6.10 Å². The largest absolute Gasteiger partial charge is 0.393 e. The van der Waals surface area contributed by atoms with Crippen LogP contribution in [0.2, 0.25) is 0 Å². The SMILES string of the molecule is Cc1ccc(F)c(CN2CCC(O)CC2)c1. The molecule has 1 heterocycles. The number of likely N-dealkylation sites (tertiary alicyclic amines) is 1. The summed E-state index contributed by atoms with van der Waals surface area (Å²) >= 11 is 0. The minimum Gasteiger partial charge on any atom is -0.393 e. The average molecular weight is 223 g/mol. The Morgan fingerprint density at radius 2 is 2.06 bits per heavy atom. The van der Waals surface area contributed by atoms with E-state index in [4.69, 9.17) is 0 Å². The van der Waals surface area contributed by atoms with E-state index in [1.807, 2.05) is 13.0 Å². The second-order valence-electron chi connectivity index (χ2n) is 4.60. The van der Waals surface area contributed by atoms with Gasteiger partial charge in [0.15, 0.2) is 0 Å². The van der Waals surface area contributed by atoms with E-state index in [-0.39, 0.29) is 11.9 Å². The van der Waals surface area contributed by atoms with Crippen LogP contribution in [0.25, 0.3) is 0 Å². The van der Waals surface area contributed by atoms with Crippen LogP contribution in [-0.4, -0.2) is 29.2 Å². The summed E-state index contributed by atoms with van der Waals surface area (Å²) in [4.78, 5) is 2.20. The Kier molecular flexibility index (Phi) is 3.56. The molecule has 0 amide bonds. The molecular weight excluding hydrogens is 205 g/mol. The average Bonchev–Trinajstić information content (AvgIpc) is 2.27. The number of aliphatic hydroxyl groups is 1. The fourth-order valence-corrected chi connectivity index (χ4v) is 2.14. The van der Waals surface area contributed by atoms with Gasteiger partial charge in [-0.05, 0) is 25.8 Å². The van der Waals surface area contributed by atoms with Crippen LogP contribution in [0, 0.1) is 12.7 Å². The molecule has 1 aliphatic heterocycles. The Labute approximate surface area is 95.7 Å². The first kappa shape index (κ1) is 11.6. The molecule has 1 saturated heterocycles. The third kappa shape index (κ3) is 2.80. The molecule has 2 rings (SSSR count). The van der Waals surface area contributed by atoms with Crippen LogP contribution >= 0.6 is 0 Å². The van der Waals surface area contributed by atoms with E-state index in [0.717, 1.165) is 37.1 Å². The maximum atomic E-state index is 13.5. The summed E-state index contributed by atoms with van der Waals surface area (Å²) < 4.78 is 13.5. The zero-order valence-electron chi connectivity index (χ0n) is 9.62. The molecule has 1 aromatic rings. The van der Waals surface area contributed by atoms with Gasteiger partial charge in [-0.1, -0.05) is 17.7 Å². The molecule has 0 radical (unpaired) electrons. The van der Waals surface area contributed by atoms with Gasteiger partial charge in [-0.15, -0.1) is 0 Å². The predicted octanol–water partition coefficient (Wildman–Crippen LogP) is 2.09. The molecule has 0 aliphatic carbocycles. The van der Waals surface area contributed by atoms with E-state index in [2.05, 4.69) is 4.90 Å². The minimum absolute atomic E-state index is 0.128. The quantitative estimate of drug-likeness (QED) is 0.830. The summed E-state index contributed by atoms with van der Waals surface area (Å²) in [5, 5.41) is 9.39. The third-order valence-electron chi connectivity index (χ3n) is 3.15. The Morgan fingerprint density at radius 1 is 1.38 bits per heavy atom. The molecule has 0 aromatic heterocycles. The zero-order chi connectivity index (χ0) is 11.5. The molecular formula is C13H18FNO. The standard InChI is InChI=1S/C13H18FNO/c1-10-2-3-13(14)11(8-10)9-15-6-4-12(16)5-7-15/h2-3,8,12,16H,4-7,9H2,1H3. The molecule has 1 aliphatic rings. The molecule has 0 atom stereocenters. The molecule has 0 unspecified atom stereocenters. The van der Waals surface area contributed by atoms with Gasteiger partial charge in [-0.2, -0.15) is 0 Å². The van der Waals surface area contributed by atoms with E-state index in [1.54, 1.807) is 6.07 Å². The first-order valence-electron chi connectivity index (χ1n) is 5.80. The van der Waals surface area contributed by atoms with Gasteiger partial charge in [0.2, 0.25) is 0 Å². The monoisotopic (exact) mass is 223 g/mol. The van der Waals surface area contributed by atoms with Crippen molar-refractivity contribution in [3.05, 3.63) is 35.1 Å². The molecule has 2 nitrogen and oxygen atoms in total. The maximum absolute atomic E-state index is 13.5. The van der Waals surface area contributed by atoms with Crippen LogP contribution in [0.4, 0.5) is 4.39 Å². The second kappa shape index (κ2) is 4.93. The number of halogens is 1. The lowest BCUT2D eigenvalue weighted by Crippen LogP contribution is -2.35. The van der Waals surface area contributed by atoms with Crippen molar-refractivity contribution in [3.8, 4) is 0 Å². The van der Waals surface area contributed by atoms with Crippen LogP contribution in [-0.2, 0) is 6.54 Å². The van der Waals surface area contributed by atoms with Crippen molar-refractivity contribution in [1.29, 1.82) is 0 Å². The molecule has 0 bridgehead atoms. The van der Waals surface area contributed by atoms with Crippen molar-refractivity contribution >= 4 is 0 Å². The van der Waals surface area contributed by atoms with Gasteiger partial charge in [0, 0.05) is 25.2 Å². The summed E-state index contributed by atoms with van der Waals surface area (Å²) in [6, 6.07) is 5.22. The fraction of sp³-hybridized carbons (Fsp3) is 0.538. The normalized spacial score (nSPS) is 18.9. The van der Waals surface area contributed by atoms with Crippen LogP contribution in [0.5, 0.6) is 0 Å². The van der Waals surface area contributed by atoms with E-state index in [1.165, 1.54) is 6.07 Å². The molecule has 1 fully saturated rings. The fourth-order valence-electron chi connectivity index (χ4n) is 2.14. The summed E-state index contributed by atoms with van der Waals surface area (Å²) in [7, 11) is 0. The van der Waals surface area contributed by atoms with Crippen molar-refractivity contribution in [3.63, 3.8) is 0 Å². The highest BCUT2D eigenvalue weighted by atomic mass is 19.1. The highest BCUT2D eigenvalue weighted by Crippen LogP contribution is 2.16. The van der Waals surface area contributed by atoms with Crippen LogP contribution in [0.1, 0.15) is 24.0 Å². The minimum atomic E-state index is -0.168. The number of benzene rings is 1. The number of hydrogen-bond acceptors (Lipinski definition) is 2. The number of nitrogens with zero attached hydrogens (tertiary/aromatic N) is 1. The lowest BCUT2D eigenvalue weighted by atomic mass is 10.1. The first-order chi connectivity index (χ1) is 7.65. The molecule has 1 aromatic carbocycles. The van der Waals surface area contributed by atoms with Gasteiger partial charge in [-0.3, -0.25) is 4.90 Å². The van der Waals surface area contributed by atoms with Gasteiger partial charge >= 0.3 is 0 Å².